The molecule has 0 spiro atoms. The zero-order valence-corrected chi connectivity index (χ0v) is 17.1. The van der Waals surface area contributed by atoms with Gasteiger partial charge in [0, 0.05) is 6.07 Å². The first kappa shape index (κ1) is 22.6. The van der Waals surface area contributed by atoms with E-state index in [0.29, 0.717) is 23.7 Å². The Morgan fingerprint density at radius 1 is 0.967 bits per heavy atom. The Labute approximate surface area is 173 Å². The molecule has 0 radical (unpaired) electrons. The van der Waals surface area contributed by atoms with Crippen LogP contribution in [-0.2, 0) is 9.59 Å². The lowest BCUT2D eigenvalue weighted by Crippen LogP contribution is -3.13. The largest absolute Gasteiger partial charge is 0.495 e. The van der Waals surface area contributed by atoms with Crippen LogP contribution in [0.1, 0.15) is 6.92 Å². The van der Waals surface area contributed by atoms with Crippen molar-refractivity contribution in [2.75, 3.05) is 44.5 Å². The summed E-state index contributed by atoms with van der Waals surface area (Å²) in [6, 6.07) is 11.0. The van der Waals surface area contributed by atoms with Gasteiger partial charge in [0.1, 0.15) is 11.5 Å². The molecule has 160 valence electrons. The van der Waals surface area contributed by atoms with Gasteiger partial charge in [0.15, 0.2) is 13.1 Å². The van der Waals surface area contributed by atoms with E-state index in [1.165, 1.54) is 32.4 Å². The maximum absolute atomic E-state index is 12.4. The number of likely N-dealkylation sites (N-methyl/N-ethyl adjacent to an activating group) is 1. The number of amides is 2. The Bertz CT molecular complexity index is 918. The van der Waals surface area contributed by atoms with Gasteiger partial charge in [0.25, 0.3) is 17.5 Å². The molecule has 10 nitrogen and oxygen atoms in total. The minimum Gasteiger partial charge on any atom is -0.495 e. The third-order valence-corrected chi connectivity index (χ3v) is 4.37. The number of hydrogen-bond acceptors (Lipinski definition) is 6. The number of anilines is 2. The number of hydrogen-bond donors (Lipinski definition) is 3. The number of nitro groups is 1. The maximum Gasteiger partial charge on any atom is 0.279 e. The molecule has 0 saturated heterocycles. The van der Waals surface area contributed by atoms with E-state index in [4.69, 9.17) is 9.47 Å². The normalized spacial score (nSPS) is 11.3. The lowest BCUT2D eigenvalue weighted by atomic mass is 10.2. The molecule has 2 aromatic rings. The zero-order valence-electron chi connectivity index (χ0n) is 17.1. The first-order valence-electron chi connectivity index (χ1n) is 9.26. The SMILES string of the molecule is CC[NH+](CC(=O)Nc1ccccc1OC)CC(=O)Nc1ccc([N+](=O)[O-])cc1OC. The van der Waals surface area contributed by atoms with Crippen LogP contribution in [-0.4, -0.2) is 50.6 Å². The fourth-order valence-corrected chi connectivity index (χ4v) is 2.80. The number of non-ortho nitro benzene ring substituents is 1. The molecule has 30 heavy (non-hydrogen) atoms. The third-order valence-electron chi connectivity index (χ3n) is 4.37. The fraction of sp³-hybridized carbons (Fsp3) is 0.300. The summed E-state index contributed by atoms with van der Waals surface area (Å²) >= 11 is 0. The van der Waals surface area contributed by atoms with Gasteiger partial charge in [-0.15, -0.1) is 0 Å². The quantitative estimate of drug-likeness (QED) is 0.393. The summed E-state index contributed by atoms with van der Waals surface area (Å²) in [5, 5.41) is 16.3. The molecule has 0 aliphatic rings. The number of rotatable bonds is 10. The standard InChI is InChI=1S/C20H24N4O6/c1-4-23(12-19(25)21-15-7-5-6-8-17(15)29-2)13-20(26)22-16-10-9-14(24(27)28)11-18(16)30-3/h5-11H,4,12-13H2,1-3H3,(H,21,25)(H,22,26)/p+1. The van der Waals surface area contributed by atoms with Gasteiger partial charge in [0.05, 0.1) is 43.1 Å². The summed E-state index contributed by atoms with van der Waals surface area (Å²) in [6.45, 7) is 2.53. The average molecular weight is 417 g/mol. The van der Waals surface area contributed by atoms with Crippen LogP contribution in [0.5, 0.6) is 11.5 Å². The number of nitrogens with zero attached hydrogens (tertiary/aromatic N) is 1. The van der Waals surface area contributed by atoms with E-state index >= 15 is 0 Å². The minimum absolute atomic E-state index is 0.0377. The highest BCUT2D eigenvalue weighted by molar-refractivity contribution is 5.94. The number of ether oxygens (including phenoxy) is 2. The Hall–Kier alpha value is -3.66. The number of para-hydroxylation sites is 2. The predicted molar refractivity (Wildman–Crippen MR) is 111 cm³/mol. The molecule has 0 saturated carbocycles. The second-order valence-electron chi connectivity index (χ2n) is 6.40. The molecular formula is C20H25N4O6+. The van der Waals surface area contributed by atoms with Gasteiger partial charge in [-0.3, -0.25) is 19.7 Å². The number of benzene rings is 2. The van der Waals surface area contributed by atoms with Gasteiger partial charge in [-0.25, -0.2) is 0 Å². The topological polar surface area (TPSA) is 124 Å². The van der Waals surface area contributed by atoms with Crippen LogP contribution in [0.15, 0.2) is 42.5 Å². The van der Waals surface area contributed by atoms with Crippen LogP contribution >= 0.6 is 0 Å². The van der Waals surface area contributed by atoms with Gasteiger partial charge in [0.2, 0.25) is 0 Å². The van der Waals surface area contributed by atoms with Crippen molar-refractivity contribution >= 4 is 28.9 Å². The molecule has 2 amide bonds. The van der Waals surface area contributed by atoms with E-state index < -0.39 is 4.92 Å². The van der Waals surface area contributed by atoms with Crippen molar-refractivity contribution in [2.45, 2.75) is 6.92 Å². The molecule has 0 aromatic heterocycles. The van der Waals surface area contributed by atoms with Crippen molar-refractivity contribution in [3.8, 4) is 11.5 Å². The first-order valence-corrected chi connectivity index (χ1v) is 9.26. The van der Waals surface area contributed by atoms with Gasteiger partial charge in [-0.05, 0) is 25.1 Å². The monoisotopic (exact) mass is 417 g/mol. The highest BCUT2D eigenvalue weighted by atomic mass is 16.6. The van der Waals surface area contributed by atoms with E-state index in [-0.39, 0.29) is 36.3 Å². The van der Waals surface area contributed by atoms with Crippen LogP contribution in [0.3, 0.4) is 0 Å². The molecule has 3 N–H and O–H groups in total. The molecule has 2 rings (SSSR count). The molecule has 0 aliphatic heterocycles. The number of carbonyl (C=O) groups is 2. The Kier molecular flexibility index (Phi) is 8.12. The predicted octanol–water partition coefficient (Wildman–Crippen LogP) is 1.09. The second kappa shape index (κ2) is 10.8. The number of quaternary nitrogens is 1. The first-order chi connectivity index (χ1) is 14.4. The van der Waals surface area contributed by atoms with Crippen LogP contribution in [0.25, 0.3) is 0 Å². The molecule has 2 aromatic carbocycles. The molecule has 1 atom stereocenters. The lowest BCUT2D eigenvalue weighted by Gasteiger charge is -2.18. The molecule has 0 fully saturated rings. The van der Waals surface area contributed by atoms with E-state index in [2.05, 4.69) is 10.6 Å². The van der Waals surface area contributed by atoms with Gasteiger partial charge >= 0.3 is 0 Å². The smallest absolute Gasteiger partial charge is 0.279 e. The lowest BCUT2D eigenvalue weighted by molar-refractivity contribution is -0.881. The van der Waals surface area contributed by atoms with Crippen molar-refractivity contribution in [1.82, 2.24) is 0 Å². The van der Waals surface area contributed by atoms with E-state index in [1.807, 2.05) is 6.92 Å². The average Bonchev–Trinajstić information content (AvgIpc) is 2.73. The van der Waals surface area contributed by atoms with E-state index in [1.54, 1.807) is 24.3 Å². The summed E-state index contributed by atoms with van der Waals surface area (Å²) in [7, 11) is 2.88. The fourth-order valence-electron chi connectivity index (χ4n) is 2.80. The van der Waals surface area contributed by atoms with Crippen molar-refractivity contribution in [3.05, 3.63) is 52.6 Å². The van der Waals surface area contributed by atoms with Crippen LogP contribution < -0.4 is 25.0 Å². The van der Waals surface area contributed by atoms with Gasteiger partial charge in [-0.2, -0.15) is 0 Å². The molecule has 0 bridgehead atoms. The Morgan fingerprint density at radius 3 is 2.07 bits per heavy atom. The summed E-state index contributed by atoms with van der Waals surface area (Å²) < 4.78 is 10.3. The van der Waals surface area contributed by atoms with Crippen LogP contribution in [0, 0.1) is 10.1 Å². The van der Waals surface area contributed by atoms with Crippen molar-refractivity contribution < 1.29 is 28.9 Å². The summed E-state index contributed by atoms with van der Waals surface area (Å²) in [6.07, 6.45) is 0. The summed E-state index contributed by atoms with van der Waals surface area (Å²) in [4.78, 5) is 35.9. The highest BCUT2D eigenvalue weighted by Crippen LogP contribution is 2.28. The summed E-state index contributed by atoms with van der Waals surface area (Å²) in [5.41, 5.74) is 0.737. The van der Waals surface area contributed by atoms with Crippen LogP contribution in [0.4, 0.5) is 17.1 Å². The number of methoxy groups -OCH3 is 2. The third kappa shape index (κ3) is 6.17. The molecule has 1 unspecified atom stereocenters. The van der Waals surface area contributed by atoms with Crippen molar-refractivity contribution in [1.29, 1.82) is 0 Å². The molecule has 10 heteroatoms. The molecule has 0 aliphatic carbocycles. The second-order valence-corrected chi connectivity index (χ2v) is 6.40. The van der Waals surface area contributed by atoms with Gasteiger partial charge < -0.3 is 25.0 Å². The van der Waals surface area contributed by atoms with Gasteiger partial charge in [-0.1, -0.05) is 12.1 Å². The Balaban J connectivity index is 1.97. The van der Waals surface area contributed by atoms with E-state index in [9.17, 15) is 19.7 Å². The van der Waals surface area contributed by atoms with Crippen LogP contribution in [0.2, 0.25) is 0 Å². The Morgan fingerprint density at radius 2 is 1.53 bits per heavy atom. The highest BCUT2D eigenvalue weighted by Gasteiger charge is 2.19. The number of carbonyl (C=O) groups excluding carboxylic acids is 2. The minimum atomic E-state index is -0.544. The maximum atomic E-state index is 12.4. The van der Waals surface area contributed by atoms with Crippen molar-refractivity contribution in [3.63, 3.8) is 0 Å². The molecular weight excluding hydrogens is 392 g/mol. The van der Waals surface area contributed by atoms with E-state index in [0.717, 1.165) is 4.90 Å². The van der Waals surface area contributed by atoms with Crippen molar-refractivity contribution in [2.24, 2.45) is 0 Å². The molecule has 0 heterocycles. The number of nitrogens with one attached hydrogen (secondary N) is 3. The number of nitro benzene ring substituents is 1. The zero-order chi connectivity index (χ0) is 22.1. The summed E-state index contributed by atoms with van der Waals surface area (Å²) in [5.74, 6) is 0.137.